The summed E-state index contributed by atoms with van der Waals surface area (Å²) in [5.74, 6) is 0.688. The van der Waals surface area contributed by atoms with Crippen LogP contribution in [0.25, 0.3) is 0 Å². The predicted molar refractivity (Wildman–Crippen MR) is 79.2 cm³/mol. The number of benzene rings is 1. The summed E-state index contributed by atoms with van der Waals surface area (Å²) in [7, 11) is 0. The summed E-state index contributed by atoms with van der Waals surface area (Å²) in [5, 5.41) is 3.67. The topological polar surface area (TPSA) is 12.0 Å². The third kappa shape index (κ3) is 4.81. The molecule has 1 nitrogen and oxygen atoms in total. The molecule has 0 heterocycles. The lowest BCUT2D eigenvalue weighted by Gasteiger charge is -2.25. The number of nitrogens with one attached hydrogen (secondary N) is 1. The highest BCUT2D eigenvalue weighted by molar-refractivity contribution is 9.10. The van der Waals surface area contributed by atoms with Crippen molar-refractivity contribution in [3.05, 3.63) is 34.3 Å². The van der Waals surface area contributed by atoms with Crippen LogP contribution in [-0.2, 0) is 0 Å². The van der Waals surface area contributed by atoms with Crippen molar-refractivity contribution in [2.75, 3.05) is 6.54 Å². The molecule has 17 heavy (non-hydrogen) atoms. The molecule has 1 aromatic rings. The Hall–Kier alpha value is -0.340. The first-order valence-corrected chi connectivity index (χ1v) is 7.47. The van der Waals surface area contributed by atoms with Gasteiger partial charge in [-0.05, 0) is 43.0 Å². The zero-order chi connectivity index (χ0) is 12.7. The Bertz CT molecular complexity index is 307. The highest BCUT2D eigenvalue weighted by Crippen LogP contribution is 2.26. The van der Waals surface area contributed by atoms with E-state index < -0.39 is 0 Å². The maximum atomic E-state index is 3.67. The highest BCUT2D eigenvalue weighted by Gasteiger charge is 2.17. The van der Waals surface area contributed by atoms with Gasteiger partial charge < -0.3 is 5.32 Å². The van der Waals surface area contributed by atoms with Crippen molar-refractivity contribution >= 4 is 15.9 Å². The van der Waals surface area contributed by atoms with Crippen LogP contribution < -0.4 is 5.32 Å². The maximum absolute atomic E-state index is 3.67. The average molecular weight is 298 g/mol. The number of rotatable bonds is 7. The van der Waals surface area contributed by atoms with Gasteiger partial charge in [0.1, 0.15) is 0 Å². The van der Waals surface area contributed by atoms with Gasteiger partial charge >= 0.3 is 0 Å². The number of hydrogen-bond donors (Lipinski definition) is 1. The van der Waals surface area contributed by atoms with Crippen LogP contribution in [0.2, 0.25) is 0 Å². The van der Waals surface area contributed by atoms with Gasteiger partial charge in [-0.2, -0.15) is 0 Å². The van der Waals surface area contributed by atoms with Gasteiger partial charge in [-0.15, -0.1) is 0 Å². The van der Waals surface area contributed by atoms with Crippen molar-refractivity contribution in [1.29, 1.82) is 0 Å². The first-order chi connectivity index (χ1) is 8.19. The van der Waals surface area contributed by atoms with E-state index >= 15 is 0 Å². The molecule has 0 saturated heterocycles. The molecule has 0 fully saturated rings. The van der Waals surface area contributed by atoms with Crippen molar-refractivity contribution < 1.29 is 0 Å². The van der Waals surface area contributed by atoms with Crippen LogP contribution in [0.1, 0.15) is 51.6 Å². The predicted octanol–water partition coefficient (Wildman–Crippen LogP) is 4.93. The van der Waals surface area contributed by atoms with Crippen molar-refractivity contribution in [3.63, 3.8) is 0 Å². The zero-order valence-electron chi connectivity index (χ0n) is 11.2. The van der Waals surface area contributed by atoms with Crippen molar-refractivity contribution in [2.45, 2.75) is 46.1 Å². The quantitative estimate of drug-likeness (QED) is 0.753. The van der Waals surface area contributed by atoms with Gasteiger partial charge in [-0.25, -0.2) is 0 Å². The van der Waals surface area contributed by atoms with Gasteiger partial charge in [0, 0.05) is 10.5 Å². The van der Waals surface area contributed by atoms with Crippen LogP contribution >= 0.6 is 15.9 Å². The van der Waals surface area contributed by atoms with Gasteiger partial charge in [-0.3, -0.25) is 0 Å². The molecule has 0 aromatic heterocycles. The Morgan fingerprint density at radius 3 is 2.29 bits per heavy atom. The Morgan fingerprint density at radius 1 is 1.12 bits per heavy atom. The molecule has 0 aliphatic carbocycles. The van der Waals surface area contributed by atoms with E-state index in [1.54, 1.807) is 0 Å². The second-order valence-corrected chi connectivity index (χ2v) is 5.66. The molecule has 1 aromatic carbocycles. The summed E-state index contributed by atoms with van der Waals surface area (Å²) < 4.78 is 1.15. The number of halogens is 1. The Balaban J connectivity index is 2.77. The van der Waals surface area contributed by atoms with E-state index in [0.717, 1.165) is 11.0 Å². The van der Waals surface area contributed by atoms with Crippen molar-refractivity contribution in [2.24, 2.45) is 5.92 Å². The van der Waals surface area contributed by atoms with Gasteiger partial charge in [0.15, 0.2) is 0 Å². The van der Waals surface area contributed by atoms with E-state index in [-0.39, 0.29) is 0 Å². The van der Waals surface area contributed by atoms with Crippen LogP contribution in [0.3, 0.4) is 0 Å². The minimum absolute atomic E-state index is 0.489. The van der Waals surface area contributed by atoms with E-state index in [2.05, 4.69) is 66.3 Å². The fourth-order valence-corrected chi connectivity index (χ4v) is 2.50. The van der Waals surface area contributed by atoms with E-state index in [1.807, 2.05) is 0 Å². The third-order valence-electron chi connectivity index (χ3n) is 3.16. The average Bonchev–Trinajstić information content (AvgIpc) is 2.32. The second kappa shape index (κ2) is 7.88. The lowest BCUT2D eigenvalue weighted by atomic mass is 9.91. The molecule has 0 radical (unpaired) electrons. The van der Waals surface area contributed by atoms with E-state index in [1.165, 1.54) is 24.8 Å². The van der Waals surface area contributed by atoms with Crippen molar-refractivity contribution in [3.8, 4) is 0 Å². The van der Waals surface area contributed by atoms with Crippen molar-refractivity contribution in [1.82, 2.24) is 5.32 Å². The summed E-state index contributed by atoms with van der Waals surface area (Å²) in [6, 6.07) is 9.21. The van der Waals surface area contributed by atoms with Crippen LogP contribution in [0.4, 0.5) is 0 Å². The lowest BCUT2D eigenvalue weighted by Crippen LogP contribution is -2.27. The Labute approximate surface area is 114 Å². The summed E-state index contributed by atoms with van der Waals surface area (Å²) in [4.78, 5) is 0. The first-order valence-electron chi connectivity index (χ1n) is 6.67. The van der Waals surface area contributed by atoms with Crippen LogP contribution in [0.5, 0.6) is 0 Å². The molecule has 0 saturated carbocycles. The molecule has 1 rings (SSSR count). The normalized spacial score (nSPS) is 14.6. The maximum Gasteiger partial charge on any atom is 0.0346 e. The summed E-state index contributed by atoms with van der Waals surface area (Å²) in [6.45, 7) is 7.92. The molecular weight excluding hydrogens is 274 g/mol. The largest absolute Gasteiger partial charge is 0.310 e. The molecule has 1 N–H and O–H groups in total. The molecule has 2 atom stereocenters. The fourth-order valence-electron chi connectivity index (χ4n) is 2.24. The van der Waals surface area contributed by atoms with E-state index in [0.29, 0.717) is 12.0 Å². The lowest BCUT2D eigenvalue weighted by molar-refractivity contribution is 0.363. The number of hydrogen-bond acceptors (Lipinski definition) is 1. The smallest absolute Gasteiger partial charge is 0.0346 e. The van der Waals surface area contributed by atoms with Crippen LogP contribution in [-0.4, -0.2) is 6.54 Å². The zero-order valence-corrected chi connectivity index (χ0v) is 12.8. The summed E-state index contributed by atoms with van der Waals surface area (Å²) in [5.41, 5.74) is 1.41. The fraction of sp³-hybridized carbons (Fsp3) is 0.600. The standard InChI is InChI=1S/C15H24BrN/c1-4-6-12(3)15(17-11-5-2)13-7-9-14(16)10-8-13/h7-10,12,15,17H,4-6,11H2,1-3H3. The van der Waals surface area contributed by atoms with Crippen LogP contribution in [0.15, 0.2) is 28.7 Å². The van der Waals surface area contributed by atoms with Gasteiger partial charge in [0.25, 0.3) is 0 Å². The van der Waals surface area contributed by atoms with E-state index in [4.69, 9.17) is 0 Å². The third-order valence-corrected chi connectivity index (χ3v) is 3.69. The minimum atomic E-state index is 0.489. The molecule has 0 bridgehead atoms. The summed E-state index contributed by atoms with van der Waals surface area (Å²) >= 11 is 3.49. The molecule has 0 spiro atoms. The Kier molecular flexibility index (Phi) is 6.83. The highest BCUT2D eigenvalue weighted by atomic mass is 79.9. The molecule has 0 aliphatic rings. The molecule has 0 amide bonds. The van der Waals surface area contributed by atoms with Gasteiger partial charge in [0.2, 0.25) is 0 Å². The molecule has 96 valence electrons. The first kappa shape index (κ1) is 14.7. The molecule has 2 unspecified atom stereocenters. The minimum Gasteiger partial charge on any atom is -0.310 e. The Morgan fingerprint density at radius 2 is 1.76 bits per heavy atom. The summed E-state index contributed by atoms with van der Waals surface area (Å²) in [6.07, 6.45) is 3.71. The SMILES string of the molecule is CCCNC(c1ccc(Br)cc1)C(C)CCC. The van der Waals surface area contributed by atoms with Gasteiger partial charge in [0.05, 0.1) is 0 Å². The molecular formula is C15H24BrN. The molecule has 2 heteroatoms. The second-order valence-electron chi connectivity index (χ2n) is 4.75. The van der Waals surface area contributed by atoms with E-state index in [9.17, 15) is 0 Å². The van der Waals surface area contributed by atoms with Crippen LogP contribution in [0, 0.1) is 5.92 Å². The monoisotopic (exact) mass is 297 g/mol. The van der Waals surface area contributed by atoms with Gasteiger partial charge in [-0.1, -0.05) is 55.3 Å². The molecule has 0 aliphatic heterocycles.